The molecule has 0 bridgehead atoms. The molecular formula is C18H26N4OS. The summed E-state index contributed by atoms with van der Waals surface area (Å²) >= 11 is 1.72. The molecule has 130 valence electrons. The number of rotatable bonds is 7. The van der Waals surface area contributed by atoms with Crippen LogP contribution in [0.1, 0.15) is 33.6 Å². The topological polar surface area (TPSA) is 58.5 Å². The quantitative estimate of drug-likeness (QED) is 0.597. The molecule has 0 amide bonds. The molecule has 0 aliphatic rings. The smallest absolute Gasteiger partial charge is 0.191 e. The summed E-state index contributed by atoms with van der Waals surface area (Å²) in [6, 6.07) is 8.31. The van der Waals surface area contributed by atoms with E-state index in [4.69, 9.17) is 4.74 Å². The first kappa shape index (κ1) is 18.4. The number of hydrogen-bond donors (Lipinski definition) is 2. The number of hydrogen-bond acceptors (Lipinski definition) is 4. The van der Waals surface area contributed by atoms with E-state index < -0.39 is 0 Å². The Bertz CT molecular complexity index is 681. The van der Waals surface area contributed by atoms with Crippen LogP contribution in [0, 0.1) is 13.8 Å². The van der Waals surface area contributed by atoms with E-state index in [1.54, 1.807) is 18.4 Å². The Hall–Kier alpha value is -1.92. The maximum absolute atomic E-state index is 5.53. The molecule has 2 aromatic rings. The third-order valence-corrected chi connectivity index (χ3v) is 4.74. The number of aliphatic imine (C=N–C) groups is 1. The molecule has 0 aliphatic heterocycles. The van der Waals surface area contributed by atoms with Gasteiger partial charge in [-0.25, -0.2) is 4.98 Å². The summed E-state index contributed by atoms with van der Waals surface area (Å²) in [4.78, 5) is 9.99. The van der Waals surface area contributed by atoms with Crippen molar-refractivity contribution in [1.82, 2.24) is 15.6 Å². The molecule has 0 aliphatic carbocycles. The number of aryl methyl sites for hydroxylation is 2. The second kappa shape index (κ2) is 9.39. The molecule has 0 atom stereocenters. The highest BCUT2D eigenvalue weighted by molar-refractivity contribution is 7.11. The lowest BCUT2D eigenvalue weighted by atomic mass is 10.1. The molecule has 5 nitrogen and oxygen atoms in total. The van der Waals surface area contributed by atoms with Crippen molar-refractivity contribution in [2.45, 2.75) is 40.5 Å². The molecule has 1 heterocycles. The second-order valence-corrected chi connectivity index (χ2v) is 6.71. The average molecular weight is 347 g/mol. The number of nitrogens with one attached hydrogen (secondary N) is 2. The van der Waals surface area contributed by atoms with Crippen LogP contribution < -0.4 is 10.6 Å². The van der Waals surface area contributed by atoms with Crippen LogP contribution in [-0.4, -0.2) is 24.6 Å². The summed E-state index contributed by atoms with van der Waals surface area (Å²) in [7, 11) is 1.78. The Morgan fingerprint density at radius 1 is 1.17 bits per heavy atom. The summed E-state index contributed by atoms with van der Waals surface area (Å²) in [5.74, 6) is 0.784. The molecule has 6 heteroatoms. The maximum Gasteiger partial charge on any atom is 0.191 e. The first-order chi connectivity index (χ1) is 11.6. The average Bonchev–Trinajstić information content (AvgIpc) is 2.91. The van der Waals surface area contributed by atoms with E-state index in [1.165, 1.54) is 16.0 Å². The van der Waals surface area contributed by atoms with Gasteiger partial charge in [-0.2, -0.15) is 0 Å². The van der Waals surface area contributed by atoms with Gasteiger partial charge in [-0.1, -0.05) is 24.3 Å². The third kappa shape index (κ3) is 5.32. The minimum atomic E-state index is 0.639. The number of benzene rings is 1. The monoisotopic (exact) mass is 346 g/mol. The number of ether oxygens (including phenoxy) is 1. The molecular weight excluding hydrogens is 320 g/mol. The van der Waals surface area contributed by atoms with Crippen molar-refractivity contribution in [3.8, 4) is 0 Å². The van der Waals surface area contributed by atoms with Crippen molar-refractivity contribution in [3.63, 3.8) is 0 Å². The van der Waals surface area contributed by atoms with Crippen LogP contribution in [0.2, 0.25) is 0 Å². The van der Waals surface area contributed by atoms with Crippen LogP contribution in [0.5, 0.6) is 0 Å². The molecule has 0 saturated heterocycles. The van der Waals surface area contributed by atoms with Gasteiger partial charge in [0.1, 0.15) is 0 Å². The first-order valence-electron chi connectivity index (χ1n) is 8.16. The van der Waals surface area contributed by atoms with Crippen molar-refractivity contribution in [3.05, 3.63) is 51.0 Å². The molecule has 0 unspecified atom stereocenters. The van der Waals surface area contributed by atoms with Gasteiger partial charge in [0.2, 0.25) is 0 Å². The Morgan fingerprint density at radius 2 is 1.88 bits per heavy atom. The lowest BCUT2D eigenvalue weighted by Gasteiger charge is -2.14. The van der Waals surface area contributed by atoms with E-state index in [0.717, 1.165) is 29.8 Å². The minimum absolute atomic E-state index is 0.639. The second-order valence-electron chi connectivity index (χ2n) is 5.43. The van der Waals surface area contributed by atoms with E-state index in [0.29, 0.717) is 13.2 Å². The molecule has 0 spiro atoms. The van der Waals surface area contributed by atoms with Gasteiger partial charge in [0, 0.05) is 25.1 Å². The third-order valence-electron chi connectivity index (χ3n) is 3.67. The molecule has 0 fully saturated rings. The van der Waals surface area contributed by atoms with E-state index in [-0.39, 0.29) is 0 Å². The molecule has 0 saturated carbocycles. The zero-order chi connectivity index (χ0) is 17.4. The molecule has 2 rings (SSSR count). The fourth-order valence-corrected chi connectivity index (χ4v) is 3.26. The SMILES string of the molecule is CCOCc1ccccc1CNC(=NC)NCc1sc(C)nc1C. The van der Waals surface area contributed by atoms with Crippen LogP contribution >= 0.6 is 11.3 Å². The van der Waals surface area contributed by atoms with Crippen molar-refractivity contribution in [2.24, 2.45) is 4.99 Å². The maximum atomic E-state index is 5.53. The summed E-state index contributed by atoms with van der Waals surface area (Å²) in [5.41, 5.74) is 3.51. The Kier molecular flexibility index (Phi) is 7.21. The number of aromatic nitrogens is 1. The lowest BCUT2D eigenvalue weighted by Crippen LogP contribution is -2.36. The first-order valence-corrected chi connectivity index (χ1v) is 8.97. The predicted molar refractivity (Wildman–Crippen MR) is 100 cm³/mol. The molecule has 24 heavy (non-hydrogen) atoms. The Balaban J connectivity index is 1.91. The number of thiazole rings is 1. The van der Waals surface area contributed by atoms with Crippen LogP contribution in [-0.2, 0) is 24.4 Å². The van der Waals surface area contributed by atoms with Gasteiger partial charge in [0.15, 0.2) is 5.96 Å². The van der Waals surface area contributed by atoms with Gasteiger partial charge in [-0.15, -0.1) is 11.3 Å². The number of nitrogens with zero attached hydrogens (tertiary/aromatic N) is 2. The minimum Gasteiger partial charge on any atom is -0.377 e. The van der Waals surface area contributed by atoms with Crippen molar-refractivity contribution in [1.29, 1.82) is 0 Å². The normalized spacial score (nSPS) is 11.6. The zero-order valence-electron chi connectivity index (χ0n) is 14.8. The van der Waals surface area contributed by atoms with Crippen LogP contribution in [0.15, 0.2) is 29.3 Å². The van der Waals surface area contributed by atoms with Gasteiger partial charge in [-0.05, 0) is 31.9 Å². The van der Waals surface area contributed by atoms with E-state index >= 15 is 0 Å². The zero-order valence-corrected chi connectivity index (χ0v) is 15.7. The van der Waals surface area contributed by atoms with Gasteiger partial charge in [0.25, 0.3) is 0 Å². The van der Waals surface area contributed by atoms with Gasteiger partial charge in [-0.3, -0.25) is 4.99 Å². The highest BCUT2D eigenvalue weighted by Crippen LogP contribution is 2.16. The predicted octanol–water partition coefficient (Wildman–Crippen LogP) is 3.16. The van der Waals surface area contributed by atoms with Crippen molar-refractivity contribution in [2.75, 3.05) is 13.7 Å². The van der Waals surface area contributed by atoms with E-state index in [1.807, 2.05) is 32.9 Å². The molecule has 1 aromatic heterocycles. The fourth-order valence-electron chi connectivity index (χ4n) is 2.38. The standard InChI is InChI=1S/C18H26N4OS/c1-5-23-12-16-9-7-6-8-15(16)10-20-18(19-4)21-11-17-13(2)22-14(3)24-17/h6-9H,5,10-12H2,1-4H3,(H2,19,20,21). The van der Waals surface area contributed by atoms with Gasteiger partial charge in [0.05, 0.1) is 23.9 Å². The largest absolute Gasteiger partial charge is 0.377 e. The molecule has 0 radical (unpaired) electrons. The van der Waals surface area contributed by atoms with Crippen LogP contribution in [0.4, 0.5) is 0 Å². The van der Waals surface area contributed by atoms with Gasteiger partial charge >= 0.3 is 0 Å². The molecule has 2 N–H and O–H groups in total. The lowest BCUT2D eigenvalue weighted by molar-refractivity contribution is 0.133. The summed E-state index contributed by atoms with van der Waals surface area (Å²) < 4.78 is 5.53. The summed E-state index contributed by atoms with van der Waals surface area (Å²) in [5, 5.41) is 7.81. The Labute approximate surface area is 148 Å². The summed E-state index contributed by atoms with van der Waals surface area (Å²) in [6.07, 6.45) is 0. The van der Waals surface area contributed by atoms with Crippen molar-refractivity contribution >= 4 is 17.3 Å². The van der Waals surface area contributed by atoms with Crippen LogP contribution in [0.3, 0.4) is 0 Å². The fraction of sp³-hybridized carbons (Fsp3) is 0.444. The van der Waals surface area contributed by atoms with Crippen molar-refractivity contribution < 1.29 is 4.74 Å². The highest BCUT2D eigenvalue weighted by Gasteiger charge is 2.07. The molecule has 1 aromatic carbocycles. The van der Waals surface area contributed by atoms with E-state index in [2.05, 4.69) is 32.7 Å². The van der Waals surface area contributed by atoms with E-state index in [9.17, 15) is 0 Å². The highest BCUT2D eigenvalue weighted by atomic mass is 32.1. The van der Waals surface area contributed by atoms with Gasteiger partial charge < -0.3 is 15.4 Å². The van der Waals surface area contributed by atoms with Crippen LogP contribution in [0.25, 0.3) is 0 Å². The Morgan fingerprint density at radius 3 is 2.50 bits per heavy atom. The number of guanidine groups is 1. The summed E-state index contributed by atoms with van der Waals surface area (Å²) in [6.45, 7) is 8.89.